The normalized spacial score (nSPS) is 29.3. The second kappa shape index (κ2) is 5.39. The van der Waals surface area contributed by atoms with Crippen LogP contribution in [0.4, 0.5) is 10.1 Å². The molecule has 2 aliphatic rings. The topological polar surface area (TPSA) is 54.3 Å². The van der Waals surface area contributed by atoms with E-state index < -0.39 is 5.82 Å². The predicted octanol–water partition coefficient (Wildman–Crippen LogP) is 2.45. The third-order valence-corrected chi connectivity index (χ3v) is 4.05. The first-order valence-electron chi connectivity index (χ1n) is 6.89. The lowest BCUT2D eigenvalue weighted by Crippen LogP contribution is -2.45. The SMILES string of the molecule is N#Cc1c(F)cccc1NC1CCOC2(CCOC2)C1. The zero-order chi connectivity index (χ0) is 14.0. The molecule has 106 valence electrons. The van der Waals surface area contributed by atoms with E-state index in [4.69, 9.17) is 14.7 Å². The van der Waals surface area contributed by atoms with Crippen LogP contribution in [0.1, 0.15) is 24.8 Å². The van der Waals surface area contributed by atoms with Gasteiger partial charge in [-0.1, -0.05) is 6.07 Å². The quantitative estimate of drug-likeness (QED) is 0.901. The highest BCUT2D eigenvalue weighted by atomic mass is 19.1. The van der Waals surface area contributed by atoms with E-state index in [0.717, 1.165) is 25.9 Å². The average Bonchev–Trinajstić information content (AvgIpc) is 2.87. The van der Waals surface area contributed by atoms with E-state index in [2.05, 4.69) is 5.32 Å². The van der Waals surface area contributed by atoms with Gasteiger partial charge in [-0.25, -0.2) is 4.39 Å². The Kier molecular flexibility index (Phi) is 3.60. The summed E-state index contributed by atoms with van der Waals surface area (Å²) in [6.07, 6.45) is 2.58. The molecule has 20 heavy (non-hydrogen) atoms. The van der Waals surface area contributed by atoms with Gasteiger partial charge in [-0.3, -0.25) is 0 Å². The average molecular weight is 276 g/mol. The predicted molar refractivity (Wildman–Crippen MR) is 71.9 cm³/mol. The molecule has 2 saturated heterocycles. The minimum absolute atomic E-state index is 0.0794. The van der Waals surface area contributed by atoms with Gasteiger partial charge < -0.3 is 14.8 Å². The van der Waals surface area contributed by atoms with Gasteiger partial charge in [0.1, 0.15) is 17.4 Å². The van der Waals surface area contributed by atoms with Gasteiger partial charge in [-0.05, 0) is 25.0 Å². The summed E-state index contributed by atoms with van der Waals surface area (Å²) in [4.78, 5) is 0. The number of anilines is 1. The summed E-state index contributed by atoms with van der Waals surface area (Å²) in [7, 11) is 0. The number of rotatable bonds is 2. The fourth-order valence-electron chi connectivity index (χ4n) is 2.99. The molecule has 1 aromatic rings. The first-order chi connectivity index (χ1) is 9.72. The standard InChI is InChI=1S/C15H17FN2O2/c16-13-2-1-3-14(12(13)9-17)18-11-4-6-20-15(8-11)5-7-19-10-15/h1-3,11,18H,4-8,10H2. The largest absolute Gasteiger partial charge is 0.381 e. The van der Waals surface area contributed by atoms with Crippen molar-refractivity contribution in [2.24, 2.45) is 0 Å². The molecule has 2 fully saturated rings. The van der Waals surface area contributed by atoms with Crippen LogP contribution in [0.2, 0.25) is 0 Å². The minimum Gasteiger partial charge on any atom is -0.381 e. The number of nitriles is 1. The first-order valence-corrected chi connectivity index (χ1v) is 6.89. The second-order valence-corrected chi connectivity index (χ2v) is 5.44. The van der Waals surface area contributed by atoms with Crippen molar-refractivity contribution in [1.29, 1.82) is 5.26 Å². The summed E-state index contributed by atoms with van der Waals surface area (Å²) in [5.74, 6) is -0.483. The van der Waals surface area contributed by atoms with E-state index in [1.165, 1.54) is 6.07 Å². The minimum atomic E-state index is -0.483. The smallest absolute Gasteiger partial charge is 0.143 e. The number of hydrogen-bond donors (Lipinski definition) is 1. The third kappa shape index (κ3) is 2.49. The van der Waals surface area contributed by atoms with E-state index >= 15 is 0 Å². The Morgan fingerprint density at radius 2 is 2.30 bits per heavy atom. The summed E-state index contributed by atoms with van der Waals surface area (Å²) in [5.41, 5.74) is 0.444. The Morgan fingerprint density at radius 3 is 3.05 bits per heavy atom. The van der Waals surface area contributed by atoms with Gasteiger partial charge in [0.05, 0.1) is 17.9 Å². The molecule has 0 saturated carbocycles. The van der Waals surface area contributed by atoms with Gasteiger partial charge in [0.2, 0.25) is 0 Å². The van der Waals surface area contributed by atoms with Crippen LogP contribution in [0, 0.1) is 17.1 Å². The number of nitrogens with zero attached hydrogens (tertiary/aromatic N) is 1. The highest BCUT2D eigenvalue weighted by molar-refractivity contribution is 5.58. The highest BCUT2D eigenvalue weighted by Gasteiger charge is 2.41. The Labute approximate surface area is 117 Å². The number of benzene rings is 1. The molecule has 4 nitrogen and oxygen atoms in total. The van der Waals surface area contributed by atoms with Crippen molar-refractivity contribution >= 4 is 5.69 Å². The number of ether oxygens (including phenoxy) is 2. The molecule has 1 spiro atoms. The van der Waals surface area contributed by atoms with Crippen molar-refractivity contribution in [3.8, 4) is 6.07 Å². The van der Waals surface area contributed by atoms with Crippen molar-refractivity contribution in [2.75, 3.05) is 25.1 Å². The van der Waals surface area contributed by atoms with Crippen LogP contribution in [-0.4, -0.2) is 31.5 Å². The molecule has 2 heterocycles. The summed E-state index contributed by atoms with van der Waals surface area (Å²) >= 11 is 0. The van der Waals surface area contributed by atoms with E-state index in [0.29, 0.717) is 18.9 Å². The van der Waals surface area contributed by atoms with E-state index in [9.17, 15) is 4.39 Å². The summed E-state index contributed by atoms with van der Waals surface area (Å²) in [6, 6.07) is 6.77. The maximum atomic E-state index is 13.6. The van der Waals surface area contributed by atoms with Crippen molar-refractivity contribution < 1.29 is 13.9 Å². The molecule has 2 aliphatic heterocycles. The summed E-state index contributed by atoms with van der Waals surface area (Å²) in [5, 5.41) is 12.4. The van der Waals surface area contributed by atoms with Crippen molar-refractivity contribution in [3.63, 3.8) is 0 Å². The Balaban J connectivity index is 1.75. The molecular formula is C15H17FN2O2. The Bertz CT molecular complexity index is 535. The van der Waals surface area contributed by atoms with Crippen LogP contribution in [-0.2, 0) is 9.47 Å². The molecule has 2 unspecified atom stereocenters. The van der Waals surface area contributed by atoms with Crippen LogP contribution in [0.15, 0.2) is 18.2 Å². The first kappa shape index (κ1) is 13.3. The van der Waals surface area contributed by atoms with Gasteiger partial charge in [0.25, 0.3) is 0 Å². The fraction of sp³-hybridized carbons (Fsp3) is 0.533. The second-order valence-electron chi connectivity index (χ2n) is 5.44. The highest BCUT2D eigenvalue weighted by Crippen LogP contribution is 2.34. The van der Waals surface area contributed by atoms with Crippen molar-refractivity contribution in [1.82, 2.24) is 0 Å². The maximum absolute atomic E-state index is 13.6. The van der Waals surface area contributed by atoms with Crippen LogP contribution in [0.25, 0.3) is 0 Å². The Hall–Kier alpha value is -1.64. The number of hydrogen-bond acceptors (Lipinski definition) is 4. The molecule has 0 aromatic heterocycles. The molecule has 0 bridgehead atoms. The van der Waals surface area contributed by atoms with E-state index in [1.807, 2.05) is 6.07 Å². The van der Waals surface area contributed by atoms with Crippen LogP contribution < -0.4 is 5.32 Å². The van der Waals surface area contributed by atoms with Crippen molar-refractivity contribution in [2.45, 2.75) is 30.9 Å². The molecule has 0 aliphatic carbocycles. The zero-order valence-electron chi connectivity index (χ0n) is 11.2. The molecule has 0 radical (unpaired) electrons. The lowest BCUT2D eigenvalue weighted by Gasteiger charge is -2.37. The van der Waals surface area contributed by atoms with Crippen LogP contribution in [0.3, 0.4) is 0 Å². The van der Waals surface area contributed by atoms with E-state index in [1.54, 1.807) is 12.1 Å². The van der Waals surface area contributed by atoms with Gasteiger partial charge in [-0.2, -0.15) is 5.26 Å². The monoisotopic (exact) mass is 276 g/mol. The fourth-order valence-corrected chi connectivity index (χ4v) is 2.99. The van der Waals surface area contributed by atoms with Crippen molar-refractivity contribution in [3.05, 3.63) is 29.6 Å². The summed E-state index contributed by atoms with van der Waals surface area (Å²) < 4.78 is 24.9. The lowest BCUT2D eigenvalue weighted by atomic mass is 9.89. The lowest BCUT2D eigenvalue weighted by molar-refractivity contribution is -0.0828. The van der Waals surface area contributed by atoms with Crippen LogP contribution in [0.5, 0.6) is 0 Å². The number of nitrogens with one attached hydrogen (secondary N) is 1. The molecule has 1 N–H and O–H groups in total. The third-order valence-electron chi connectivity index (χ3n) is 4.05. The maximum Gasteiger partial charge on any atom is 0.143 e. The van der Waals surface area contributed by atoms with Gasteiger partial charge >= 0.3 is 0 Å². The van der Waals surface area contributed by atoms with E-state index in [-0.39, 0.29) is 17.2 Å². The summed E-state index contributed by atoms with van der Waals surface area (Å²) in [6.45, 7) is 2.02. The molecule has 0 amide bonds. The van der Waals surface area contributed by atoms with Gasteiger partial charge in [-0.15, -0.1) is 0 Å². The van der Waals surface area contributed by atoms with Crippen LogP contribution >= 0.6 is 0 Å². The molecule has 3 rings (SSSR count). The molecule has 1 aromatic carbocycles. The molecular weight excluding hydrogens is 259 g/mol. The molecule has 5 heteroatoms. The van der Waals surface area contributed by atoms with Gasteiger partial charge in [0, 0.05) is 25.7 Å². The van der Waals surface area contributed by atoms with Gasteiger partial charge in [0.15, 0.2) is 0 Å². The Morgan fingerprint density at radius 1 is 1.40 bits per heavy atom. The number of halogens is 1. The molecule has 2 atom stereocenters. The zero-order valence-corrected chi connectivity index (χ0v) is 11.2.